The Morgan fingerprint density at radius 2 is 2.18 bits per heavy atom. The molecule has 0 radical (unpaired) electrons. The fraction of sp³-hybridized carbons (Fsp3) is 0.462. The topological polar surface area (TPSA) is 21.3 Å². The number of thiocarbonyl (C=S) groups is 1. The van der Waals surface area contributed by atoms with Gasteiger partial charge in [0.1, 0.15) is 5.75 Å². The van der Waals surface area contributed by atoms with Gasteiger partial charge >= 0.3 is 0 Å². The van der Waals surface area contributed by atoms with Crippen LogP contribution in [0.4, 0.5) is 5.69 Å². The minimum absolute atomic E-state index is 0.149. The van der Waals surface area contributed by atoms with Crippen LogP contribution < -0.4 is 10.1 Å². The second-order valence-corrected chi connectivity index (χ2v) is 6.04. The smallest absolute Gasteiger partial charge is 0.126 e. The van der Waals surface area contributed by atoms with Gasteiger partial charge in [-0.15, -0.1) is 0 Å². The fourth-order valence-corrected chi connectivity index (χ4v) is 2.90. The third-order valence-electron chi connectivity index (χ3n) is 3.53. The molecule has 0 fully saturated rings. The first-order chi connectivity index (χ1) is 7.99. The summed E-state index contributed by atoms with van der Waals surface area (Å²) in [6.07, 6.45) is 1.72. The standard InChI is InChI=1S/C13H14ClNOS/c1-13(2)11(17)5-8-9(14)6-10-7(3-4-16-10)12(8)15-13/h6,15H,3-5H2,1-2H3. The molecule has 0 amide bonds. The van der Waals surface area contributed by atoms with Crippen LogP contribution in [-0.2, 0) is 12.8 Å². The lowest BCUT2D eigenvalue weighted by atomic mass is 9.87. The summed E-state index contributed by atoms with van der Waals surface area (Å²) < 4.78 is 5.58. The minimum atomic E-state index is -0.149. The maximum atomic E-state index is 6.30. The van der Waals surface area contributed by atoms with Crippen molar-refractivity contribution in [3.63, 3.8) is 0 Å². The zero-order chi connectivity index (χ0) is 12.2. The molecule has 0 bridgehead atoms. The van der Waals surface area contributed by atoms with Gasteiger partial charge < -0.3 is 10.1 Å². The highest BCUT2D eigenvalue weighted by Crippen LogP contribution is 2.43. The van der Waals surface area contributed by atoms with E-state index in [0.29, 0.717) is 0 Å². The molecule has 0 atom stereocenters. The Kier molecular flexibility index (Phi) is 2.39. The van der Waals surface area contributed by atoms with Gasteiger partial charge in [0.05, 0.1) is 12.1 Å². The van der Waals surface area contributed by atoms with E-state index < -0.39 is 0 Å². The van der Waals surface area contributed by atoms with Crippen molar-refractivity contribution >= 4 is 34.4 Å². The van der Waals surface area contributed by atoms with Crippen molar-refractivity contribution in [2.75, 3.05) is 11.9 Å². The van der Waals surface area contributed by atoms with Crippen LogP contribution in [0.1, 0.15) is 25.0 Å². The summed E-state index contributed by atoms with van der Waals surface area (Å²) in [6.45, 7) is 4.97. The predicted molar refractivity (Wildman–Crippen MR) is 74.7 cm³/mol. The highest BCUT2D eigenvalue weighted by atomic mass is 35.5. The summed E-state index contributed by atoms with van der Waals surface area (Å²) in [6, 6.07) is 1.92. The third kappa shape index (κ3) is 1.64. The number of hydrogen-bond acceptors (Lipinski definition) is 3. The molecule has 0 saturated heterocycles. The first-order valence-corrected chi connectivity index (χ1v) is 6.56. The van der Waals surface area contributed by atoms with Crippen molar-refractivity contribution in [1.29, 1.82) is 0 Å². The molecule has 1 N–H and O–H groups in total. The third-order valence-corrected chi connectivity index (χ3v) is 4.52. The lowest BCUT2D eigenvalue weighted by molar-refractivity contribution is 0.357. The molecule has 2 aliphatic heterocycles. The van der Waals surface area contributed by atoms with Crippen LogP contribution in [0.15, 0.2) is 6.07 Å². The van der Waals surface area contributed by atoms with Gasteiger partial charge in [0.25, 0.3) is 0 Å². The zero-order valence-electron chi connectivity index (χ0n) is 9.89. The Morgan fingerprint density at radius 3 is 2.94 bits per heavy atom. The van der Waals surface area contributed by atoms with Gasteiger partial charge in [-0.2, -0.15) is 0 Å². The number of hydrogen-bond donors (Lipinski definition) is 1. The molecular formula is C13H14ClNOS. The normalized spacial score (nSPS) is 20.3. The van der Waals surface area contributed by atoms with Gasteiger partial charge in [0.15, 0.2) is 0 Å². The van der Waals surface area contributed by atoms with Crippen molar-refractivity contribution in [2.45, 2.75) is 32.2 Å². The van der Waals surface area contributed by atoms with E-state index in [9.17, 15) is 0 Å². The zero-order valence-corrected chi connectivity index (χ0v) is 11.5. The molecule has 2 aliphatic rings. The molecule has 2 heterocycles. The van der Waals surface area contributed by atoms with E-state index in [4.69, 9.17) is 28.6 Å². The molecule has 0 aromatic heterocycles. The molecule has 0 saturated carbocycles. The monoisotopic (exact) mass is 267 g/mol. The van der Waals surface area contributed by atoms with Crippen LogP contribution in [0.5, 0.6) is 5.75 Å². The maximum absolute atomic E-state index is 6.30. The van der Waals surface area contributed by atoms with Crippen LogP contribution in [-0.4, -0.2) is 17.0 Å². The summed E-state index contributed by atoms with van der Waals surface area (Å²) in [4.78, 5) is 1.01. The molecule has 1 aromatic rings. The van der Waals surface area contributed by atoms with Crippen molar-refractivity contribution in [3.8, 4) is 5.75 Å². The van der Waals surface area contributed by atoms with Gasteiger partial charge in [-0.25, -0.2) is 0 Å². The maximum Gasteiger partial charge on any atom is 0.126 e. The molecule has 2 nitrogen and oxygen atoms in total. The summed E-state index contributed by atoms with van der Waals surface area (Å²) in [5.74, 6) is 0.921. The highest BCUT2D eigenvalue weighted by molar-refractivity contribution is 7.80. The molecule has 3 rings (SSSR count). The number of nitrogens with one attached hydrogen (secondary N) is 1. The first kappa shape index (κ1) is 11.3. The average molecular weight is 268 g/mol. The van der Waals surface area contributed by atoms with Gasteiger partial charge in [0, 0.05) is 34.0 Å². The number of benzene rings is 1. The molecule has 0 spiro atoms. The number of halogens is 1. The van der Waals surface area contributed by atoms with Crippen molar-refractivity contribution in [2.24, 2.45) is 0 Å². The Labute approximate surface area is 111 Å². The Morgan fingerprint density at radius 1 is 1.41 bits per heavy atom. The fourth-order valence-electron chi connectivity index (χ4n) is 2.44. The molecule has 17 heavy (non-hydrogen) atoms. The molecule has 0 aliphatic carbocycles. The lowest BCUT2D eigenvalue weighted by Crippen LogP contribution is -2.44. The minimum Gasteiger partial charge on any atom is -0.493 e. The number of fused-ring (bicyclic) bond motifs is 3. The Hall–Kier alpha value is -0.800. The molecule has 4 heteroatoms. The van der Waals surface area contributed by atoms with Gasteiger partial charge in [-0.05, 0) is 25.5 Å². The van der Waals surface area contributed by atoms with Crippen LogP contribution in [0.3, 0.4) is 0 Å². The summed E-state index contributed by atoms with van der Waals surface area (Å²) >= 11 is 11.8. The van der Waals surface area contributed by atoms with Crippen LogP contribution in [0.25, 0.3) is 0 Å². The number of rotatable bonds is 0. The van der Waals surface area contributed by atoms with Crippen LogP contribution in [0.2, 0.25) is 5.02 Å². The number of ether oxygens (including phenoxy) is 1. The molecule has 90 valence electrons. The molecule has 1 aromatic carbocycles. The van der Waals surface area contributed by atoms with Crippen LogP contribution >= 0.6 is 23.8 Å². The second-order valence-electron chi connectivity index (χ2n) is 5.14. The molecular weight excluding hydrogens is 254 g/mol. The predicted octanol–water partition coefficient (Wildman–Crippen LogP) is 3.39. The summed E-state index contributed by atoms with van der Waals surface area (Å²) in [7, 11) is 0. The lowest BCUT2D eigenvalue weighted by Gasteiger charge is -2.36. The van der Waals surface area contributed by atoms with E-state index in [-0.39, 0.29) is 5.54 Å². The van der Waals surface area contributed by atoms with E-state index in [2.05, 4.69) is 19.2 Å². The van der Waals surface area contributed by atoms with E-state index in [1.807, 2.05) is 6.07 Å². The van der Waals surface area contributed by atoms with E-state index >= 15 is 0 Å². The van der Waals surface area contributed by atoms with E-state index in [1.54, 1.807) is 0 Å². The average Bonchev–Trinajstić information content (AvgIpc) is 2.69. The van der Waals surface area contributed by atoms with Gasteiger partial charge in [-0.3, -0.25) is 0 Å². The van der Waals surface area contributed by atoms with E-state index in [1.165, 1.54) is 5.56 Å². The highest BCUT2D eigenvalue weighted by Gasteiger charge is 2.34. The SMILES string of the molecule is CC1(C)Nc2c(c(Cl)cc3c2CCO3)CC1=S. The van der Waals surface area contributed by atoms with Crippen molar-refractivity contribution < 1.29 is 4.74 Å². The summed E-state index contributed by atoms with van der Waals surface area (Å²) in [5, 5.41) is 4.28. The number of anilines is 1. The van der Waals surface area contributed by atoms with E-state index in [0.717, 1.165) is 46.3 Å². The Bertz CT molecular complexity index is 525. The Balaban J connectivity index is 2.20. The summed E-state index contributed by atoms with van der Waals surface area (Å²) in [5.41, 5.74) is 3.37. The van der Waals surface area contributed by atoms with Crippen molar-refractivity contribution in [3.05, 3.63) is 22.2 Å². The van der Waals surface area contributed by atoms with Crippen LogP contribution in [0, 0.1) is 0 Å². The first-order valence-electron chi connectivity index (χ1n) is 5.77. The molecule has 0 unspecified atom stereocenters. The largest absolute Gasteiger partial charge is 0.493 e. The van der Waals surface area contributed by atoms with Gasteiger partial charge in [-0.1, -0.05) is 23.8 Å². The quantitative estimate of drug-likeness (QED) is 0.728. The second kappa shape index (κ2) is 3.59. The van der Waals surface area contributed by atoms with Gasteiger partial charge in [0.2, 0.25) is 0 Å². The van der Waals surface area contributed by atoms with Crippen molar-refractivity contribution in [1.82, 2.24) is 0 Å².